The number of thioether (sulfide) groups is 1. The lowest BCUT2D eigenvalue weighted by Crippen LogP contribution is -2.22. The molecule has 0 radical (unpaired) electrons. The molecule has 16 heavy (non-hydrogen) atoms. The molecule has 0 spiro atoms. The zero-order valence-corrected chi connectivity index (χ0v) is 9.21. The molecule has 82 valence electrons. The summed E-state index contributed by atoms with van der Waals surface area (Å²) in [6.07, 6.45) is 0. The second kappa shape index (κ2) is 4.85. The Labute approximate surface area is 95.7 Å². The van der Waals surface area contributed by atoms with E-state index < -0.39 is 5.69 Å². The summed E-state index contributed by atoms with van der Waals surface area (Å²) in [7, 11) is 0. The van der Waals surface area contributed by atoms with Gasteiger partial charge in [-0.05, 0) is 12.1 Å². The van der Waals surface area contributed by atoms with Crippen LogP contribution in [0.5, 0.6) is 0 Å². The number of nitrogens with one attached hydrogen (secondary N) is 2. The van der Waals surface area contributed by atoms with Crippen LogP contribution in [0.3, 0.4) is 0 Å². The SMILES string of the molecule is O=c1cc(CSc2ccccc2)[nH]c(=O)[nH]1. The quantitative estimate of drug-likeness (QED) is 0.788. The Kier molecular flexibility index (Phi) is 3.26. The molecule has 0 aliphatic carbocycles. The minimum absolute atomic E-state index is 0.368. The zero-order valence-electron chi connectivity index (χ0n) is 8.40. The number of hydrogen-bond donors (Lipinski definition) is 2. The second-order valence-electron chi connectivity index (χ2n) is 3.21. The van der Waals surface area contributed by atoms with E-state index >= 15 is 0 Å². The molecule has 0 bridgehead atoms. The van der Waals surface area contributed by atoms with E-state index in [-0.39, 0.29) is 5.56 Å². The van der Waals surface area contributed by atoms with E-state index in [0.717, 1.165) is 4.90 Å². The lowest BCUT2D eigenvalue weighted by Gasteiger charge is -2.00. The standard InChI is InChI=1S/C11H10N2O2S/c14-10-6-8(12-11(15)13-10)7-16-9-4-2-1-3-5-9/h1-6H,7H2,(H2,12,13,14,15). The number of H-pyrrole nitrogens is 2. The highest BCUT2D eigenvalue weighted by Gasteiger charge is 1.98. The maximum Gasteiger partial charge on any atom is 0.325 e. The van der Waals surface area contributed by atoms with Crippen LogP contribution in [-0.4, -0.2) is 9.97 Å². The van der Waals surface area contributed by atoms with Crippen molar-refractivity contribution in [2.45, 2.75) is 10.6 Å². The summed E-state index contributed by atoms with van der Waals surface area (Å²) in [5, 5.41) is 0. The summed E-state index contributed by atoms with van der Waals surface area (Å²) in [6.45, 7) is 0. The molecular formula is C11H10N2O2S. The van der Waals surface area contributed by atoms with Crippen LogP contribution in [0.25, 0.3) is 0 Å². The summed E-state index contributed by atoms with van der Waals surface area (Å²) in [5.41, 5.74) is -0.203. The third kappa shape index (κ3) is 2.87. The molecule has 0 aliphatic rings. The highest BCUT2D eigenvalue weighted by Crippen LogP contribution is 2.20. The van der Waals surface area contributed by atoms with E-state index in [1.807, 2.05) is 30.3 Å². The van der Waals surface area contributed by atoms with Gasteiger partial charge in [-0.1, -0.05) is 18.2 Å². The third-order valence-corrected chi connectivity index (χ3v) is 3.01. The minimum atomic E-state index is -0.462. The van der Waals surface area contributed by atoms with Crippen molar-refractivity contribution in [1.82, 2.24) is 9.97 Å². The van der Waals surface area contributed by atoms with Crippen molar-refractivity contribution in [1.29, 1.82) is 0 Å². The predicted molar refractivity (Wildman–Crippen MR) is 63.7 cm³/mol. The van der Waals surface area contributed by atoms with Crippen LogP contribution in [0.4, 0.5) is 0 Å². The van der Waals surface area contributed by atoms with Gasteiger partial charge in [0.25, 0.3) is 5.56 Å². The second-order valence-corrected chi connectivity index (χ2v) is 4.26. The summed E-state index contributed by atoms with van der Waals surface area (Å²) in [4.78, 5) is 27.9. The molecule has 1 heterocycles. The monoisotopic (exact) mass is 234 g/mol. The fourth-order valence-corrected chi connectivity index (χ4v) is 2.10. The fourth-order valence-electron chi connectivity index (χ4n) is 1.27. The number of aromatic nitrogens is 2. The Morgan fingerprint density at radius 3 is 2.50 bits per heavy atom. The van der Waals surface area contributed by atoms with E-state index in [1.54, 1.807) is 11.8 Å². The first kappa shape index (κ1) is 10.8. The Morgan fingerprint density at radius 2 is 1.81 bits per heavy atom. The van der Waals surface area contributed by atoms with Crippen molar-refractivity contribution >= 4 is 11.8 Å². The first-order valence-corrected chi connectivity index (χ1v) is 5.73. The van der Waals surface area contributed by atoms with Crippen LogP contribution in [0.1, 0.15) is 5.69 Å². The van der Waals surface area contributed by atoms with E-state index in [2.05, 4.69) is 9.97 Å². The minimum Gasteiger partial charge on any atom is -0.310 e. The lowest BCUT2D eigenvalue weighted by atomic mass is 10.4. The number of benzene rings is 1. The Bertz CT molecular complexity index is 546. The van der Waals surface area contributed by atoms with Crippen LogP contribution >= 0.6 is 11.8 Å². The number of rotatable bonds is 3. The molecule has 0 fully saturated rings. The van der Waals surface area contributed by atoms with Crippen LogP contribution in [0, 0.1) is 0 Å². The third-order valence-electron chi connectivity index (χ3n) is 1.95. The molecule has 4 nitrogen and oxygen atoms in total. The molecule has 1 aromatic heterocycles. The normalized spacial score (nSPS) is 10.2. The van der Waals surface area contributed by atoms with Gasteiger partial charge in [-0.2, -0.15) is 0 Å². The Morgan fingerprint density at radius 1 is 1.06 bits per heavy atom. The molecule has 1 aromatic carbocycles. The average molecular weight is 234 g/mol. The molecule has 0 saturated carbocycles. The molecule has 2 N–H and O–H groups in total. The van der Waals surface area contributed by atoms with Crippen molar-refractivity contribution in [2.24, 2.45) is 0 Å². The first-order valence-electron chi connectivity index (χ1n) is 4.74. The molecule has 0 amide bonds. The average Bonchev–Trinajstić information content (AvgIpc) is 2.27. The Hall–Kier alpha value is -1.75. The van der Waals surface area contributed by atoms with Crippen LogP contribution in [0.15, 0.2) is 50.9 Å². The van der Waals surface area contributed by atoms with Gasteiger partial charge in [-0.25, -0.2) is 4.79 Å². The topological polar surface area (TPSA) is 65.7 Å². The Balaban J connectivity index is 2.11. The lowest BCUT2D eigenvalue weighted by molar-refractivity contribution is 0.986. The van der Waals surface area contributed by atoms with Gasteiger partial charge in [0.2, 0.25) is 0 Å². The molecule has 2 rings (SSSR count). The van der Waals surface area contributed by atoms with Crippen molar-refractivity contribution < 1.29 is 0 Å². The maximum atomic E-state index is 11.0. The van der Waals surface area contributed by atoms with Gasteiger partial charge in [0.05, 0.1) is 0 Å². The molecule has 2 aromatic rings. The van der Waals surface area contributed by atoms with Gasteiger partial charge in [-0.3, -0.25) is 9.78 Å². The molecular weight excluding hydrogens is 224 g/mol. The van der Waals surface area contributed by atoms with E-state index in [0.29, 0.717) is 11.4 Å². The van der Waals surface area contributed by atoms with E-state index in [9.17, 15) is 9.59 Å². The highest BCUT2D eigenvalue weighted by molar-refractivity contribution is 7.98. The van der Waals surface area contributed by atoms with Crippen LogP contribution in [-0.2, 0) is 5.75 Å². The molecule has 0 aliphatic heterocycles. The van der Waals surface area contributed by atoms with E-state index in [4.69, 9.17) is 0 Å². The summed E-state index contributed by atoms with van der Waals surface area (Å²) in [5.74, 6) is 0.573. The summed E-state index contributed by atoms with van der Waals surface area (Å²) < 4.78 is 0. The predicted octanol–water partition coefficient (Wildman–Crippen LogP) is 1.36. The summed E-state index contributed by atoms with van der Waals surface area (Å²) in [6, 6.07) is 11.2. The van der Waals surface area contributed by atoms with Crippen molar-refractivity contribution in [3.05, 3.63) is 62.9 Å². The highest BCUT2D eigenvalue weighted by atomic mass is 32.2. The maximum absolute atomic E-state index is 11.0. The molecule has 0 saturated heterocycles. The van der Waals surface area contributed by atoms with Gasteiger partial charge in [0, 0.05) is 22.4 Å². The van der Waals surface area contributed by atoms with E-state index in [1.165, 1.54) is 6.07 Å². The van der Waals surface area contributed by atoms with Gasteiger partial charge < -0.3 is 4.98 Å². The summed E-state index contributed by atoms with van der Waals surface area (Å²) >= 11 is 1.57. The molecule has 0 atom stereocenters. The van der Waals surface area contributed by atoms with Crippen molar-refractivity contribution in [3.8, 4) is 0 Å². The van der Waals surface area contributed by atoms with Gasteiger partial charge in [-0.15, -0.1) is 11.8 Å². The molecule has 0 unspecified atom stereocenters. The zero-order chi connectivity index (χ0) is 11.4. The first-order chi connectivity index (χ1) is 7.74. The van der Waals surface area contributed by atoms with Gasteiger partial charge >= 0.3 is 5.69 Å². The van der Waals surface area contributed by atoms with Gasteiger partial charge in [0.1, 0.15) is 0 Å². The smallest absolute Gasteiger partial charge is 0.310 e. The van der Waals surface area contributed by atoms with Crippen LogP contribution in [0.2, 0.25) is 0 Å². The fraction of sp³-hybridized carbons (Fsp3) is 0.0909. The largest absolute Gasteiger partial charge is 0.325 e. The van der Waals surface area contributed by atoms with Gasteiger partial charge in [0.15, 0.2) is 0 Å². The van der Waals surface area contributed by atoms with Crippen molar-refractivity contribution in [3.63, 3.8) is 0 Å². The van der Waals surface area contributed by atoms with Crippen molar-refractivity contribution in [2.75, 3.05) is 0 Å². The number of aromatic amines is 2. The number of hydrogen-bond acceptors (Lipinski definition) is 3. The molecule has 5 heteroatoms. The van der Waals surface area contributed by atoms with Crippen LogP contribution < -0.4 is 11.2 Å².